The van der Waals surface area contributed by atoms with Crippen molar-refractivity contribution in [2.75, 3.05) is 16.8 Å². The number of rotatable bonds is 4. The van der Waals surface area contributed by atoms with E-state index in [1.165, 1.54) is 0 Å². The van der Waals surface area contributed by atoms with Crippen molar-refractivity contribution >= 4 is 17.3 Å². The number of carbonyl (C=O) groups excluding carboxylic acids is 1. The first kappa shape index (κ1) is 19.1. The quantitative estimate of drug-likeness (QED) is 0.697. The summed E-state index contributed by atoms with van der Waals surface area (Å²) in [4.78, 5) is 15.1. The lowest BCUT2D eigenvalue weighted by Gasteiger charge is -2.40. The van der Waals surface area contributed by atoms with E-state index in [0.29, 0.717) is 24.5 Å². The lowest BCUT2D eigenvalue weighted by Crippen LogP contribution is -2.50. The molecular formula is C23H25N3O3. The van der Waals surface area contributed by atoms with E-state index >= 15 is 0 Å². The number of anilines is 2. The van der Waals surface area contributed by atoms with Gasteiger partial charge in [-0.2, -0.15) is 0 Å². The number of nitrogens with zero attached hydrogens (tertiary/aromatic N) is 2. The molecule has 29 heavy (non-hydrogen) atoms. The topological polar surface area (TPSA) is 67.6 Å². The molecule has 6 heteroatoms. The van der Waals surface area contributed by atoms with Crippen LogP contribution in [0.1, 0.15) is 41.2 Å². The summed E-state index contributed by atoms with van der Waals surface area (Å²) in [6.45, 7) is 8.92. The second-order valence-corrected chi connectivity index (χ2v) is 8.03. The van der Waals surface area contributed by atoms with Crippen LogP contribution in [-0.4, -0.2) is 23.1 Å². The highest BCUT2D eigenvalue weighted by molar-refractivity contribution is 6.08. The van der Waals surface area contributed by atoms with E-state index in [9.17, 15) is 4.79 Å². The number of para-hydroxylation sites is 2. The summed E-state index contributed by atoms with van der Waals surface area (Å²) in [6.07, 6.45) is 0. The van der Waals surface area contributed by atoms with Gasteiger partial charge in [-0.3, -0.25) is 4.79 Å². The first-order valence-electron chi connectivity index (χ1n) is 9.68. The molecule has 0 spiro atoms. The maximum Gasteiger partial charge on any atom is 0.258 e. The van der Waals surface area contributed by atoms with E-state index in [0.717, 1.165) is 28.4 Å². The summed E-state index contributed by atoms with van der Waals surface area (Å²) in [7, 11) is 0. The van der Waals surface area contributed by atoms with Crippen molar-refractivity contribution in [3.05, 3.63) is 71.1 Å². The van der Waals surface area contributed by atoms with E-state index in [2.05, 4.69) is 24.3 Å². The molecule has 0 fully saturated rings. The Balaban J connectivity index is 1.51. The van der Waals surface area contributed by atoms with Crippen LogP contribution in [0.25, 0.3) is 0 Å². The number of hydrogen-bond acceptors (Lipinski definition) is 5. The Labute approximate surface area is 170 Å². The highest BCUT2D eigenvalue weighted by Crippen LogP contribution is 2.35. The molecule has 0 atom stereocenters. The average Bonchev–Trinajstić information content (AvgIpc) is 3.02. The zero-order valence-electron chi connectivity index (χ0n) is 17.2. The number of hydrogen-bond donors (Lipinski definition) is 1. The molecule has 6 nitrogen and oxygen atoms in total. The Morgan fingerprint density at radius 3 is 2.59 bits per heavy atom. The Bertz CT molecular complexity index is 1020. The van der Waals surface area contributed by atoms with Gasteiger partial charge in [0.2, 0.25) is 0 Å². The third-order valence-corrected chi connectivity index (χ3v) is 5.13. The monoisotopic (exact) mass is 391 g/mol. The first-order valence-corrected chi connectivity index (χ1v) is 9.68. The van der Waals surface area contributed by atoms with Crippen molar-refractivity contribution in [1.29, 1.82) is 0 Å². The van der Waals surface area contributed by atoms with Crippen LogP contribution in [0, 0.1) is 13.8 Å². The van der Waals surface area contributed by atoms with Gasteiger partial charge in [-0.05, 0) is 64.1 Å². The second-order valence-electron chi connectivity index (χ2n) is 8.03. The zero-order chi connectivity index (χ0) is 20.6. The van der Waals surface area contributed by atoms with Crippen LogP contribution in [0.2, 0.25) is 0 Å². The second kappa shape index (κ2) is 7.28. The number of benzene rings is 2. The van der Waals surface area contributed by atoms with Crippen molar-refractivity contribution in [3.8, 4) is 5.75 Å². The maximum absolute atomic E-state index is 13.2. The van der Waals surface area contributed by atoms with Crippen molar-refractivity contribution in [2.24, 2.45) is 0 Å². The summed E-state index contributed by atoms with van der Waals surface area (Å²) in [6, 6.07) is 15.2. The van der Waals surface area contributed by atoms with Gasteiger partial charge in [0.25, 0.3) is 5.91 Å². The molecule has 0 unspecified atom stereocenters. The molecule has 1 aliphatic rings. The third-order valence-electron chi connectivity index (χ3n) is 5.13. The molecule has 3 aromatic rings. The number of amides is 1. The Kier molecular flexibility index (Phi) is 4.78. The smallest absolute Gasteiger partial charge is 0.258 e. The summed E-state index contributed by atoms with van der Waals surface area (Å²) >= 11 is 0. The van der Waals surface area contributed by atoms with Gasteiger partial charge in [0.15, 0.2) is 0 Å². The van der Waals surface area contributed by atoms with Gasteiger partial charge < -0.3 is 19.5 Å². The van der Waals surface area contributed by atoms with Gasteiger partial charge >= 0.3 is 0 Å². The van der Waals surface area contributed by atoms with Crippen LogP contribution in [0.15, 0.2) is 53.1 Å². The van der Waals surface area contributed by atoms with E-state index in [-0.39, 0.29) is 11.4 Å². The molecule has 1 amide bonds. The van der Waals surface area contributed by atoms with Crippen LogP contribution in [0.3, 0.4) is 0 Å². The lowest BCUT2D eigenvalue weighted by atomic mass is 9.98. The number of fused-ring (bicyclic) bond motifs is 1. The SMILES string of the molecule is Cc1noc(C)c1COc1ccc(C(=O)N2CC(C)(C)Nc3ccccc32)cc1. The van der Waals surface area contributed by atoms with Crippen molar-refractivity contribution < 1.29 is 14.1 Å². The molecule has 1 aromatic heterocycles. The maximum atomic E-state index is 13.2. The van der Waals surface area contributed by atoms with E-state index in [4.69, 9.17) is 9.26 Å². The Morgan fingerprint density at radius 1 is 1.17 bits per heavy atom. The van der Waals surface area contributed by atoms with Crippen LogP contribution < -0.4 is 15.0 Å². The molecule has 4 rings (SSSR count). The van der Waals surface area contributed by atoms with Gasteiger partial charge in [0.05, 0.1) is 22.6 Å². The predicted octanol–water partition coefficient (Wildman–Crippen LogP) is 4.72. The summed E-state index contributed by atoms with van der Waals surface area (Å²) in [5.41, 5.74) is 4.06. The number of aromatic nitrogens is 1. The van der Waals surface area contributed by atoms with Crippen molar-refractivity contribution in [1.82, 2.24) is 5.16 Å². The van der Waals surface area contributed by atoms with Gasteiger partial charge in [0, 0.05) is 17.6 Å². The molecule has 1 N–H and O–H groups in total. The highest BCUT2D eigenvalue weighted by Gasteiger charge is 2.33. The van der Waals surface area contributed by atoms with E-state index < -0.39 is 0 Å². The van der Waals surface area contributed by atoms with Crippen LogP contribution in [-0.2, 0) is 6.61 Å². The fourth-order valence-electron chi connectivity index (χ4n) is 3.59. The molecule has 150 valence electrons. The van der Waals surface area contributed by atoms with Gasteiger partial charge in [0.1, 0.15) is 18.1 Å². The first-order chi connectivity index (χ1) is 13.8. The minimum absolute atomic E-state index is 0.0238. The van der Waals surface area contributed by atoms with E-state index in [1.54, 1.807) is 0 Å². The number of ether oxygens (including phenoxy) is 1. The van der Waals surface area contributed by atoms with Gasteiger partial charge in [-0.1, -0.05) is 17.3 Å². The molecule has 2 aromatic carbocycles. The fraction of sp³-hybridized carbons (Fsp3) is 0.304. The van der Waals surface area contributed by atoms with Crippen LogP contribution in [0.4, 0.5) is 11.4 Å². The number of carbonyl (C=O) groups is 1. The molecule has 0 saturated carbocycles. The molecule has 1 aliphatic heterocycles. The Morgan fingerprint density at radius 2 is 1.90 bits per heavy atom. The molecule has 0 bridgehead atoms. The Hall–Kier alpha value is -3.28. The summed E-state index contributed by atoms with van der Waals surface area (Å²) in [5.74, 6) is 1.43. The van der Waals surface area contributed by atoms with Crippen LogP contribution >= 0.6 is 0 Å². The minimum Gasteiger partial charge on any atom is -0.489 e. The summed E-state index contributed by atoms with van der Waals surface area (Å²) in [5, 5.41) is 7.43. The lowest BCUT2D eigenvalue weighted by molar-refractivity contribution is 0.0981. The molecule has 0 aliphatic carbocycles. The van der Waals surface area contributed by atoms with Crippen molar-refractivity contribution in [3.63, 3.8) is 0 Å². The van der Waals surface area contributed by atoms with E-state index in [1.807, 2.05) is 67.3 Å². The fourth-order valence-corrected chi connectivity index (χ4v) is 3.59. The number of aryl methyl sites for hydroxylation is 2. The van der Waals surface area contributed by atoms with Crippen LogP contribution in [0.5, 0.6) is 5.75 Å². The standard InChI is InChI=1S/C23H25N3O3/c1-15-19(16(2)29-25-15)13-28-18-11-9-17(10-12-18)22(27)26-14-23(3,4)24-20-7-5-6-8-21(20)26/h5-12,24H,13-14H2,1-4H3. The minimum atomic E-state index is -0.207. The average molecular weight is 391 g/mol. The predicted molar refractivity (Wildman–Crippen MR) is 113 cm³/mol. The normalized spacial score (nSPS) is 14.8. The van der Waals surface area contributed by atoms with Gasteiger partial charge in [-0.25, -0.2) is 0 Å². The van der Waals surface area contributed by atoms with Gasteiger partial charge in [-0.15, -0.1) is 0 Å². The molecular weight excluding hydrogens is 366 g/mol. The number of nitrogens with one attached hydrogen (secondary N) is 1. The third kappa shape index (κ3) is 3.83. The summed E-state index contributed by atoms with van der Waals surface area (Å²) < 4.78 is 11.0. The zero-order valence-corrected chi connectivity index (χ0v) is 17.2. The molecule has 2 heterocycles. The molecule has 0 radical (unpaired) electrons. The largest absolute Gasteiger partial charge is 0.489 e. The molecule has 0 saturated heterocycles. The van der Waals surface area contributed by atoms with Crippen molar-refractivity contribution in [2.45, 2.75) is 39.8 Å². The highest BCUT2D eigenvalue weighted by atomic mass is 16.5.